The van der Waals surface area contributed by atoms with Gasteiger partial charge in [0.2, 0.25) is 5.91 Å². The van der Waals surface area contributed by atoms with Crippen molar-refractivity contribution in [3.8, 4) is 0 Å². The molecule has 0 spiro atoms. The third-order valence-electron chi connectivity index (χ3n) is 3.40. The van der Waals surface area contributed by atoms with Crippen molar-refractivity contribution in [3.05, 3.63) is 0 Å². The largest absolute Gasteiger partial charge is 0.480 e. The van der Waals surface area contributed by atoms with Crippen molar-refractivity contribution in [1.29, 1.82) is 0 Å². The van der Waals surface area contributed by atoms with Crippen LogP contribution in [0.1, 0.15) is 34.1 Å². The minimum atomic E-state index is -1.06. The molecule has 1 heterocycles. The minimum absolute atomic E-state index is 0.147. The molecule has 114 valence electrons. The Kier molecular flexibility index (Phi) is 4.97. The lowest BCUT2D eigenvalue weighted by Crippen LogP contribution is -2.66. The Morgan fingerprint density at radius 1 is 1.45 bits per heavy atom. The zero-order valence-electron chi connectivity index (χ0n) is 12.4. The lowest BCUT2D eigenvalue weighted by Gasteiger charge is -2.41. The summed E-state index contributed by atoms with van der Waals surface area (Å²) in [7, 11) is 0. The van der Waals surface area contributed by atoms with Crippen LogP contribution in [-0.2, 0) is 9.59 Å². The van der Waals surface area contributed by atoms with Crippen LogP contribution in [0.4, 0.5) is 4.79 Å². The number of rotatable bonds is 4. The molecule has 0 aromatic heterocycles. The highest BCUT2D eigenvalue weighted by atomic mass is 16.4. The second kappa shape index (κ2) is 6.11. The van der Waals surface area contributed by atoms with Gasteiger partial charge in [-0.15, -0.1) is 0 Å². The number of carbonyl (C=O) groups excluding carboxylic acids is 2. The lowest BCUT2D eigenvalue weighted by molar-refractivity contribution is -0.139. The Bertz CT molecular complexity index is 406. The summed E-state index contributed by atoms with van der Waals surface area (Å²) in [5.41, 5.74) is -0.983. The number of hydrogen-bond donors (Lipinski definition) is 3. The summed E-state index contributed by atoms with van der Waals surface area (Å²) < 4.78 is 0. The van der Waals surface area contributed by atoms with E-state index in [1.807, 2.05) is 13.8 Å². The number of urea groups is 1. The number of carboxylic acids is 1. The van der Waals surface area contributed by atoms with E-state index < -0.39 is 23.6 Å². The molecule has 0 bridgehead atoms. The fraction of sp³-hybridized carbons (Fsp3) is 0.769. The van der Waals surface area contributed by atoms with Crippen LogP contribution in [-0.4, -0.2) is 52.6 Å². The summed E-state index contributed by atoms with van der Waals surface area (Å²) in [5.74, 6) is -1.16. The van der Waals surface area contributed by atoms with E-state index in [2.05, 4.69) is 10.6 Å². The number of piperazine rings is 1. The highest BCUT2D eigenvalue weighted by molar-refractivity contribution is 5.92. The van der Waals surface area contributed by atoms with Crippen LogP contribution < -0.4 is 10.6 Å². The van der Waals surface area contributed by atoms with E-state index in [9.17, 15) is 14.4 Å². The van der Waals surface area contributed by atoms with Crippen LogP contribution in [0.2, 0.25) is 0 Å². The first-order valence-corrected chi connectivity index (χ1v) is 6.75. The highest BCUT2D eigenvalue weighted by Crippen LogP contribution is 2.18. The number of nitrogens with one attached hydrogen (secondary N) is 2. The van der Waals surface area contributed by atoms with Gasteiger partial charge >= 0.3 is 12.0 Å². The van der Waals surface area contributed by atoms with Gasteiger partial charge in [0.05, 0.1) is 0 Å². The molecular weight excluding hydrogens is 262 g/mol. The van der Waals surface area contributed by atoms with Gasteiger partial charge in [-0.2, -0.15) is 0 Å². The molecule has 0 aromatic carbocycles. The fourth-order valence-corrected chi connectivity index (χ4v) is 2.17. The number of hydrogen-bond acceptors (Lipinski definition) is 3. The number of amides is 3. The molecule has 20 heavy (non-hydrogen) atoms. The molecule has 0 unspecified atom stereocenters. The van der Waals surface area contributed by atoms with E-state index in [1.165, 1.54) is 4.90 Å². The number of carboxylic acid groups (broad SMARTS) is 1. The van der Waals surface area contributed by atoms with Crippen molar-refractivity contribution in [1.82, 2.24) is 15.5 Å². The smallest absolute Gasteiger partial charge is 0.326 e. The van der Waals surface area contributed by atoms with Gasteiger partial charge in [-0.3, -0.25) is 4.79 Å². The molecule has 0 saturated carbocycles. The first-order valence-electron chi connectivity index (χ1n) is 6.75. The van der Waals surface area contributed by atoms with Gasteiger partial charge in [0.1, 0.15) is 11.6 Å². The fourth-order valence-electron chi connectivity index (χ4n) is 2.17. The van der Waals surface area contributed by atoms with Gasteiger partial charge < -0.3 is 20.6 Å². The Morgan fingerprint density at radius 2 is 2.05 bits per heavy atom. The standard InChI is InChI=1S/C13H23N3O4/c1-8(2)7-9(10(17)18)15-12(20)16-6-5-14-11(19)13(16,3)4/h8-9H,5-7H2,1-4H3,(H,14,19)(H,15,20)(H,17,18)/t9-/m0/s1. The van der Waals surface area contributed by atoms with Crippen molar-refractivity contribution in [3.63, 3.8) is 0 Å². The molecule has 7 nitrogen and oxygen atoms in total. The maximum absolute atomic E-state index is 12.2. The van der Waals surface area contributed by atoms with E-state index in [0.29, 0.717) is 19.5 Å². The Labute approximate surface area is 118 Å². The summed E-state index contributed by atoms with van der Waals surface area (Å²) in [5, 5.41) is 14.3. The summed E-state index contributed by atoms with van der Waals surface area (Å²) in [6, 6.07) is -1.46. The summed E-state index contributed by atoms with van der Waals surface area (Å²) in [6.07, 6.45) is 0.349. The van der Waals surface area contributed by atoms with Crippen molar-refractivity contribution in [2.24, 2.45) is 5.92 Å². The summed E-state index contributed by atoms with van der Waals surface area (Å²) in [6.45, 7) is 7.79. The zero-order valence-corrected chi connectivity index (χ0v) is 12.4. The van der Waals surface area contributed by atoms with Crippen molar-refractivity contribution < 1.29 is 19.5 Å². The van der Waals surface area contributed by atoms with Gasteiger partial charge in [0, 0.05) is 13.1 Å². The van der Waals surface area contributed by atoms with E-state index >= 15 is 0 Å². The molecule has 1 aliphatic rings. The molecule has 1 fully saturated rings. The average molecular weight is 285 g/mol. The number of carbonyl (C=O) groups is 3. The summed E-state index contributed by atoms with van der Waals surface area (Å²) in [4.78, 5) is 36.5. The van der Waals surface area contributed by atoms with E-state index in [1.54, 1.807) is 13.8 Å². The molecule has 0 aliphatic carbocycles. The van der Waals surface area contributed by atoms with Gasteiger partial charge in [0.25, 0.3) is 0 Å². The van der Waals surface area contributed by atoms with Crippen molar-refractivity contribution >= 4 is 17.9 Å². The van der Waals surface area contributed by atoms with Gasteiger partial charge in [-0.25, -0.2) is 9.59 Å². The molecule has 1 atom stereocenters. The maximum Gasteiger partial charge on any atom is 0.326 e. The van der Waals surface area contributed by atoms with Gasteiger partial charge in [-0.1, -0.05) is 13.8 Å². The third-order valence-corrected chi connectivity index (χ3v) is 3.40. The van der Waals surface area contributed by atoms with Crippen LogP contribution in [0.3, 0.4) is 0 Å². The summed E-state index contributed by atoms with van der Waals surface area (Å²) >= 11 is 0. The molecule has 1 rings (SSSR count). The van der Waals surface area contributed by atoms with Crippen LogP contribution in [0, 0.1) is 5.92 Å². The Morgan fingerprint density at radius 3 is 2.55 bits per heavy atom. The zero-order chi connectivity index (χ0) is 15.5. The van der Waals surface area contributed by atoms with Crippen molar-refractivity contribution in [2.75, 3.05) is 13.1 Å². The molecular formula is C13H23N3O4. The Balaban J connectivity index is 2.78. The topological polar surface area (TPSA) is 98.7 Å². The predicted molar refractivity (Wildman–Crippen MR) is 73.2 cm³/mol. The van der Waals surface area contributed by atoms with E-state index in [-0.39, 0.29) is 11.8 Å². The third kappa shape index (κ3) is 3.61. The molecule has 0 radical (unpaired) electrons. The quantitative estimate of drug-likeness (QED) is 0.696. The van der Waals surface area contributed by atoms with Crippen LogP contribution in [0.15, 0.2) is 0 Å². The van der Waals surface area contributed by atoms with Crippen molar-refractivity contribution in [2.45, 2.75) is 45.7 Å². The van der Waals surface area contributed by atoms with E-state index in [0.717, 1.165) is 0 Å². The predicted octanol–water partition coefficient (Wildman–Crippen LogP) is 0.406. The average Bonchev–Trinajstić information content (AvgIpc) is 2.30. The maximum atomic E-state index is 12.2. The monoisotopic (exact) mass is 285 g/mol. The Hall–Kier alpha value is -1.79. The minimum Gasteiger partial charge on any atom is -0.480 e. The second-order valence-corrected chi connectivity index (χ2v) is 5.94. The number of nitrogens with zero attached hydrogens (tertiary/aromatic N) is 1. The molecule has 7 heteroatoms. The molecule has 0 aromatic rings. The second-order valence-electron chi connectivity index (χ2n) is 5.94. The first kappa shape index (κ1) is 16.3. The first-order chi connectivity index (χ1) is 9.16. The molecule has 1 aliphatic heterocycles. The van der Waals surface area contributed by atoms with Crippen LogP contribution in [0.5, 0.6) is 0 Å². The SMILES string of the molecule is CC(C)C[C@H](NC(=O)N1CCNC(=O)C1(C)C)C(=O)O. The van der Waals surface area contributed by atoms with E-state index in [4.69, 9.17) is 5.11 Å². The molecule has 3 amide bonds. The van der Waals surface area contributed by atoms with Gasteiger partial charge in [0.15, 0.2) is 0 Å². The van der Waals surface area contributed by atoms with Crippen LogP contribution >= 0.6 is 0 Å². The highest BCUT2D eigenvalue weighted by Gasteiger charge is 2.41. The van der Waals surface area contributed by atoms with Crippen LogP contribution in [0.25, 0.3) is 0 Å². The molecule has 3 N–H and O–H groups in total. The lowest BCUT2D eigenvalue weighted by atomic mass is 9.99. The number of aliphatic carboxylic acids is 1. The van der Waals surface area contributed by atoms with Gasteiger partial charge in [-0.05, 0) is 26.2 Å². The normalized spacial score (nSPS) is 19.4. The molecule has 1 saturated heterocycles.